The van der Waals surface area contributed by atoms with Gasteiger partial charge in [0.25, 0.3) is 5.91 Å². The minimum atomic E-state index is -0.198. The van der Waals surface area contributed by atoms with Crippen molar-refractivity contribution in [2.75, 3.05) is 38.6 Å². The first kappa shape index (κ1) is 20.0. The van der Waals surface area contributed by atoms with Crippen molar-refractivity contribution in [3.8, 4) is 0 Å². The highest BCUT2D eigenvalue weighted by atomic mass is 35.5. The lowest BCUT2D eigenvalue weighted by Crippen LogP contribution is -2.36. The molecule has 27 heavy (non-hydrogen) atoms. The summed E-state index contributed by atoms with van der Waals surface area (Å²) in [4.78, 5) is 17.1. The Bertz CT molecular complexity index is 787. The molecule has 1 aliphatic rings. The quantitative estimate of drug-likeness (QED) is 0.760. The molecule has 2 aromatic carbocycles. The molecule has 0 radical (unpaired) electrons. The summed E-state index contributed by atoms with van der Waals surface area (Å²) in [7, 11) is 4.06. The van der Waals surface area contributed by atoms with Crippen LogP contribution >= 0.6 is 23.2 Å². The van der Waals surface area contributed by atoms with Crippen LogP contribution in [0.15, 0.2) is 42.5 Å². The van der Waals surface area contributed by atoms with Gasteiger partial charge in [0.2, 0.25) is 0 Å². The summed E-state index contributed by atoms with van der Waals surface area (Å²) >= 11 is 12.2. The molecule has 4 nitrogen and oxygen atoms in total. The molecule has 1 heterocycles. The molecule has 1 fully saturated rings. The van der Waals surface area contributed by atoms with Gasteiger partial charge in [-0.15, -0.1) is 0 Å². The van der Waals surface area contributed by atoms with Gasteiger partial charge in [0.1, 0.15) is 0 Å². The van der Waals surface area contributed by atoms with Gasteiger partial charge in [-0.1, -0.05) is 35.3 Å². The normalized spacial score (nSPS) is 15.6. The van der Waals surface area contributed by atoms with Gasteiger partial charge < -0.3 is 10.2 Å². The van der Waals surface area contributed by atoms with Gasteiger partial charge in [0.15, 0.2) is 0 Å². The fourth-order valence-electron chi connectivity index (χ4n) is 3.46. The van der Waals surface area contributed by atoms with Crippen molar-refractivity contribution < 1.29 is 4.79 Å². The maximum absolute atomic E-state index is 12.6. The van der Waals surface area contributed by atoms with E-state index in [0.29, 0.717) is 22.2 Å². The first-order valence-electron chi connectivity index (χ1n) is 9.20. The first-order chi connectivity index (χ1) is 13.0. The van der Waals surface area contributed by atoms with Crippen LogP contribution in [0.3, 0.4) is 0 Å². The van der Waals surface area contributed by atoms with Crippen LogP contribution in [0, 0.1) is 0 Å². The molecule has 0 spiro atoms. The molecule has 0 aromatic heterocycles. The number of halogens is 2. The lowest BCUT2D eigenvalue weighted by Gasteiger charge is -2.28. The molecule has 1 atom stereocenters. The predicted octanol–water partition coefficient (Wildman–Crippen LogP) is 4.63. The smallest absolute Gasteiger partial charge is 0.252 e. The Labute approximate surface area is 171 Å². The highest BCUT2D eigenvalue weighted by Crippen LogP contribution is 2.27. The number of carbonyl (C=O) groups is 1. The lowest BCUT2D eigenvalue weighted by molar-refractivity contribution is 0.0938. The summed E-state index contributed by atoms with van der Waals surface area (Å²) < 4.78 is 0. The maximum Gasteiger partial charge on any atom is 0.252 e. The number of likely N-dealkylation sites (tertiary alicyclic amines) is 1. The molecular formula is C21H25Cl2N3O. The number of nitrogens with one attached hydrogen (secondary N) is 1. The number of hydrogen-bond acceptors (Lipinski definition) is 3. The van der Waals surface area contributed by atoms with Gasteiger partial charge >= 0.3 is 0 Å². The Kier molecular flexibility index (Phi) is 6.64. The molecule has 0 bridgehead atoms. The van der Waals surface area contributed by atoms with Crippen LogP contribution in [0.5, 0.6) is 0 Å². The number of carbonyl (C=O) groups excluding carboxylic acids is 1. The lowest BCUT2D eigenvalue weighted by atomic mass is 10.0. The summed E-state index contributed by atoms with van der Waals surface area (Å²) in [5.74, 6) is -0.198. The highest BCUT2D eigenvalue weighted by Gasteiger charge is 2.24. The number of benzene rings is 2. The molecule has 2 aromatic rings. The van der Waals surface area contributed by atoms with Crippen molar-refractivity contribution in [3.63, 3.8) is 0 Å². The molecule has 6 heteroatoms. The van der Waals surface area contributed by atoms with Gasteiger partial charge in [0.05, 0.1) is 16.6 Å². The molecule has 144 valence electrons. The van der Waals surface area contributed by atoms with Crippen LogP contribution < -0.4 is 10.2 Å². The average molecular weight is 406 g/mol. The standard InChI is InChI=1S/C21H25Cl2N3O/c1-25(2)17-8-5-15(6-9-17)20(26-11-3-4-12-26)14-24-21(27)18-13-16(22)7-10-19(18)23/h5-10,13,20H,3-4,11-12,14H2,1-2H3,(H,24,27)/t20-/m1/s1. The van der Waals surface area contributed by atoms with Crippen LogP contribution in [0.25, 0.3) is 0 Å². The third kappa shape index (κ3) is 4.95. The predicted molar refractivity (Wildman–Crippen MR) is 113 cm³/mol. The number of nitrogens with zero attached hydrogens (tertiary/aromatic N) is 2. The second-order valence-electron chi connectivity index (χ2n) is 7.08. The average Bonchev–Trinajstić information content (AvgIpc) is 3.18. The zero-order chi connectivity index (χ0) is 19.4. The van der Waals surface area contributed by atoms with E-state index in [1.807, 2.05) is 14.1 Å². The number of anilines is 1. The first-order valence-corrected chi connectivity index (χ1v) is 9.96. The molecular weight excluding hydrogens is 381 g/mol. The second-order valence-corrected chi connectivity index (χ2v) is 7.92. The Morgan fingerprint density at radius 3 is 2.41 bits per heavy atom. The van der Waals surface area contributed by atoms with Gasteiger partial charge in [0, 0.05) is 31.4 Å². The highest BCUT2D eigenvalue weighted by molar-refractivity contribution is 6.35. The molecule has 1 saturated heterocycles. The Morgan fingerprint density at radius 1 is 1.11 bits per heavy atom. The van der Waals surface area contributed by atoms with E-state index in [9.17, 15) is 4.79 Å². The fraction of sp³-hybridized carbons (Fsp3) is 0.381. The molecule has 3 rings (SSSR count). The molecule has 1 amide bonds. The van der Waals surface area contributed by atoms with E-state index in [4.69, 9.17) is 23.2 Å². The van der Waals surface area contributed by atoms with Crippen molar-refractivity contribution in [1.29, 1.82) is 0 Å². The number of hydrogen-bond donors (Lipinski definition) is 1. The van der Waals surface area contributed by atoms with Gasteiger partial charge in [-0.2, -0.15) is 0 Å². The van der Waals surface area contributed by atoms with E-state index in [2.05, 4.69) is 39.4 Å². The van der Waals surface area contributed by atoms with Crippen molar-refractivity contribution in [3.05, 3.63) is 63.6 Å². The third-order valence-corrected chi connectivity index (χ3v) is 5.57. The summed E-state index contributed by atoms with van der Waals surface area (Å²) in [6, 6.07) is 13.6. The molecule has 0 aliphatic carbocycles. The SMILES string of the molecule is CN(C)c1ccc([C@@H](CNC(=O)c2cc(Cl)ccc2Cl)N2CCCC2)cc1. The van der Waals surface area contributed by atoms with Crippen LogP contribution in [0.1, 0.15) is 34.8 Å². The summed E-state index contributed by atoms with van der Waals surface area (Å²) in [6.07, 6.45) is 2.39. The van der Waals surface area contributed by atoms with E-state index in [-0.39, 0.29) is 11.9 Å². The molecule has 0 unspecified atom stereocenters. The Balaban J connectivity index is 1.75. The van der Waals surface area contributed by atoms with Crippen LogP contribution in [0.4, 0.5) is 5.69 Å². The van der Waals surface area contributed by atoms with E-state index < -0.39 is 0 Å². The Hall–Kier alpha value is -1.75. The van der Waals surface area contributed by atoms with Gasteiger partial charge in [-0.3, -0.25) is 9.69 Å². The summed E-state index contributed by atoms with van der Waals surface area (Å²) in [5, 5.41) is 3.95. The molecule has 0 saturated carbocycles. The van der Waals surface area contributed by atoms with Crippen LogP contribution in [-0.2, 0) is 0 Å². The van der Waals surface area contributed by atoms with E-state index in [1.54, 1.807) is 18.2 Å². The fourth-order valence-corrected chi connectivity index (χ4v) is 3.84. The third-order valence-electron chi connectivity index (χ3n) is 5.00. The summed E-state index contributed by atoms with van der Waals surface area (Å²) in [6.45, 7) is 2.63. The minimum Gasteiger partial charge on any atom is -0.378 e. The van der Waals surface area contributed by atoms with Crippen molar-refractivity contribution in [2.24, 2.45) is 0 Å². The minimum absolute atomic E-state index is 0.144. The number of rotatable bonds is 6. The number of amides is 1. The monoisotopic (exact) mass is 405 g/mol. The van der Waals surface area contributed by atoms with Crippen molar-refractivity contribution in [1.82, 2.24) is 10.2 Å². The van der Waals surface area contributed by atoms with Crippen molar-refractivity contribution >= 4 is 34.8 Å². The van der Waals surface area contributed by atoms with Gasteiger partial charge in [-0.05, 0) is 61.8 Å². The maximum atomic E-state index is 12.6. The zero-order valence-corrected chi connectivity index (χ0v) is 17.2. The zero-order valence-electron chi connectivity index (χ0n) is 15.7. The largest absolute Gasteiger partial charge is 0.378 e. The molecule has 1 aliphatic heterocycles. The van der Waals surface area contributed by atoms with Crippen LogP contribution in [0.2, 0.25) is 10.0 Å². The molecule has 1 N–H and O–H groups in total. The van der Waals surface area contributed by atoms with Gasteiger partial charge in [-0.25, -0.2) is 0 Å². The van der Waals surface area contributed by atoms with Crippen molar-refractivity contribution in [2.45, 2.75) is 18.9 Å². The van der Waals surface area contributed by atoms with E-state index >= 15 is 0 Å². The van der Waals surface area contributed by atoms with E-state index in [0.717, 1.165) is 18.8 Å². The Morgan fingerprint density at radius 2 is 1.78 bits per heavy atom. The van der Waals surface area contributed by atoms with Crippen LogP contribution in [-0.4, -0.2) is 44.5 Å². The van der Waals surface area contributed by atoms with E-state index in [1.165, 1.54) is 18.4 Å². The second kappa shape index (κ2) is 8.96. The topological polar surface area (TPSA) is 35.6 Å². The summed E-state index contributed by atoms with van der Waals surface area (Å²) in [5.41, 5.74) is 2.78.